The maximum absolute atomic E-state index is 12.3. The fourth-order valence-corrected chi connectivity index (χ4v) is 2.40. The number of benzene rings is 2. The Labute approximate surface area is 173 Å². The molecule has 0 heterocycles. The van der Waals surface area contributed by atoms with Gasteiger partial charge in [-0.3, -0.25) is 9.59 Å². The molecule has 29 heavy (non-hydrogen) atoms. The summed E-state index contributed by atoms with van der Waals surface area (Å²) in [4.78, 5) is 24.1. The number of amides is 1. The Hall–Kier alpha value is -2.96. The number of aromatic hydroxyl groups is 1. The summed E-state index contributed by atoms with van der Waals surface area (Å²) >= 11 is 0. The van der Waals surface area contributed by atoms with Crippen LogP contribution in [0.1, 0.15) is 25.0 Å². The molecule has 0 bridgehead atoms. The summed E-state index contributed by atoms with van der Waals surface area (Å²) in [6, 6.07) is 14.7. The first-order valence-corrected chi connectivity index (χ1v) is 9.27. The number of nitrogens with two attached hydrogens (primary N) is 1. The van der Waals surface area contributed by atoms with E-state index in [1.165, 1.54) is 6.92 Å². The van der Waals surface area contributed by atoms with Crippen LogP contribution in [0.3, 0.4) is 0 Å². The van der Waals surface area contributed by atoms with E-state index in [1.54, 1.807) is 30.3 Å². The predicted octanol–water partition coefficient (Wildman–Crippen LogP) is 2.38. The van der Waals surface area contributed by atoms with Crippen LogP contribution in [-0.4, -0.2) is 41.1 Å². The lowest BCUT2D eigenvalue weighted by atomic mass is 10.0. The molecule has 0 radical (unpaired) electrons. The lowest BCUT2D eigenvalue weighted by Gasteiger charge is -2.19. The summed E-state index contributed by atoms with van der Waals surface area (Å²) in [7, 11) is 1.00. The SMILES string of the molecule is C=CC.CC(=O)C(Cc1ccc(O)cc1)NC(=O)C(N)Cc1ccccc1.CO. The molecule has 6 heteroatoms. The van der Waals surface area contributed by atoms with Crippen molar-refractivity contribution < 1.29 is 19.8 Å². The van der Waals surface area contributed by atoms with Crippen LogP contribution in [-0.2, 0) is 22.4 Å². The zero-order chi connectivity index (χ0) is 22.2. The van der Waals surface area contributed by atoms with Gasteiger partial charge in [0.1, 0.15) is 5.75 Å². The highest BCUT2D eigenvalue weighted by molar-refractivity contribution is 5.89. The van der Waals surface area contributed by atoms with E-state index < -0.39 is 12.1 Å². The first-order chi connectivity index (χ1) is 13.9. The van der Waals surface area contributed by atoms with Crippen LogP contribution in [0.2, 0.25) is 0 Å². The van der Waals surface area contributed by atoms with Crippen molar-refractivity contribution in [3.8, 4) is 5.75 Å². The lowest BCUT2D eigenvalue weighted by molar-refractivity contribution is -0.127. The van der Waals surface area contributed by atoms with Gasteiger partial charge in [-0.2, -0.15) is 0 Å². The van der Waals surface area contributed by atoms with Gasteiger partial charge in [-0.15, -0.1) is 6.58 Å². The second-order valence-corrected chi connectivity index (χ2v) is 6.25. The number of carbonyl (C=O) groups excluding carboxylic acids is 2. The van der Waals surface area contributed by atoms with Crippen LogP contribution in [0.4, 0.5) is 0 Å². The van der Waals surface area contributed by atoms with Crippen molar-refractivity contribution in [2.24, 2.45) is 5.73 Å². The lowest BCUT2D eigenvalue weighted by Crippen LogP contribution is -2.49. The number of allylic oxidation sites excluding steroid dienone is 1. The number of phenolic OH excluding ortho intramolecular Hbond substituents is 1. The van der Waals surface area contributed by atoms with Gasteiger partial charge in [-0.05, 0) is 49.9 Å². The quantitative estimate of drug-likeness (QED) is 0.533. The number of aliphatic hydroxyl groups is 1. The average molecular weight is 401 g/mol. The van der Waals surface area contributed by atoms with Gasteiger partial charge in [-0.25, -0.2) is 0 Å². The summed E-state index contributed by atoms with van der Waals surface area (Å²) in [5, 5.41) is 19.0. The van der Waals surface area contributed by atoms with Gasteiger partial charge in [0.05, 0.1) is 12.1 Å². The Morgan fingerprint density at radius 3 is 2.00 bits per heavy atom. The number of Topliss-reactive ketones (excluding diaryl/α,β-unsaturated/α-hetero) is 1. The zero-order valence-corrected chi connectivity index (χ0v) is 17.3. The molecule has 0 saturated heterocycles. The van der Waals surface area contributed by atoms with Crippen molar-refractivity contribution in [2.45, 2.75) is 38.8 Å². The van der Waals surface area contributed by atoms with E-state index in [0.29, 0.717) is 12.8 Å². The molecule has 0 aliphatic rings. The molecule has 158 valence electrons. The molecule has 0 aliphatic heterocycles. The fraction of sp³-hybridized carbons (Fsp3) is 0.304. The Morgan fingerprint density at radius 2 is 1.52 bits per heavy atom. The normalized spacial score (nSPS) is 11.5. The number of carbonyl (C=O) groups is 2. The summed E-state index contributed by atoms with van der Waals surface area (Å²) < 4.78 is 0. The van der Waals surface area contributed by atoms with E-state index in [0.717, 1.165) is 18.2 Å². The Morgan fingerprint density at radius 1 is 1.03 bits per heavy atom. The fourth-order valence-electron chi connectivity index (χ4n) is 2.40. The Balaban J connectivity index is 0.00000143. The van der Waals surface area contributed by atoms with E-state index in [1.807, 2.05) is 37.3 Å². The van der Waals surface area contributed by atoms with Gasteiger partial charge in [0, 0.05) is 7.11 Å². The van der Waals surface area contributed by atoms with E-state index in [4.69, 9.17) is 10.8 Å². The standard InChI is InChI=1S/C19H22N2O3.C3H6.CH4O/c1-13(22)18(12-15-7-9-16(23)10-8-15)21-19(24)17(20)11-14-5-3-2-4-6-14;1-3-2;1-2/h2-10,17-18,23H,11-12,20H2,1H3,(H,21,24);3H,1H2,2H3;2H,1H3. The molecule has 6 nitrogen and oxygen atoms in total. The van der Waals surface area contributed by atoms with Crippen molar-refractivity contribution in [1.29, 1.82) is 0 Å². The number of aliphatic hydroxyl groups excluding tert-OH is 1. The molecule has 2 aromatic carbocycles. The van der Waals surface area contributed by atoms with E-state index in [-0.39, 0.29) is 17.4 Å². The first kappa shape index (κ1) is 26.0. The van der Waals surface area contributed by atoms with E-state index >= 15 is 0 Å². The molecular formula is C23H32N2O4. The Bertz CT molecular complexity index is 730. The van der Waals surface area contributed by atoms with Crippen LogP contribution in [0.5, 0.6) is 5.75 Å². The van der Waals surface area contributed by atoms with Crippen molar-refractivity contribution in [1.82, 2.24) is 5.32 Å². The topological polar surface area (TPSA) is 113 Å². The van der Waals surface area contributed by atoms with Crippen LogP contribution in [0, 0.1) is 0 Å². The van der Waals surface area contributed by atoms with Crippen molar-refractivity contribution in [2.75, 3.05) is 7.11 Å². The van der Waals surface area contributed by atoms with Gasteiger partial charge in [-0.1, -0.05) is 48.5 Å². The molecule has 2 aromatic rings. The number of hydrogen-bond donors (Lipinski definition) is 4. The molecule has 5 N–H and O–H groups in total. The maximum Gasteiger partial charge on any atom is 0.237 e. The third-order valence-corrected chi connectivity index (χ3v) is 3.82. The third kappa shape index (κ3) is 10.8. The second kappa shape index (κ2) is 15.0. The number of rotatable bonds is 7. The van der Waals surface area contributed by atoms with E-state index in [9.17, 15) is 14.7 Å². The largest absolute Gasteiger partial charge is 0.508 e. The molecule has 2 atom stereocenters. The van der Waals surface area contributed by atoms with Crippen molar-refractivity contribution >= 4 is 11.7 Å². The zero-order valence-electron chi connectivity index (χ0n) is 17.3. The maximum atomic E-state index is 12.3. The molecule has 0 saturated carbocycles. The summed E-state index contributed by atoms with van der Waals surface area (Å²) in [5.41, 5.74) is 7.78. The van der Waals surface area contributed by atoms with Gasteiger partial charge in [0.15, 0.2) is 5.78 Å². The molecule has 0 aliphatic carbocycles. The smallest absolute Gasteiger partial charge is 0.237 e. The number of ketones is 1. The second-order valence-electron chi connectivity index (χ2n) is 6.25. The minimum atomic E-state index is -0.714. The summed E-state index contributed by atoms with van der Waals surface area (Å²) in [6.07, 6.45) is 2.52. The number of nitrogens with one attached hydrogen (secondary N) is 1. The van der Waals surface area contributed by atoms with Gasteiger partial charge < -0.3 is 21.3 Å². The average Bonchev–Trinajstić information content (AvgIpc) is 2.71. The number of hydrogen-bond acceptors (Lipinski definition) is 5. The van der Waals surface area contributed by atoms with Crippen molar-refractivity contribution in [3.05, 3.63) is 78.4 Å². The van der Waals surface area contributed by atoms with Gasteiger partial charge in [0.25, 0.3) is 0 Å². The van der Waals surface area contributed by atoms with Crippen LogP contribution in [0.25, 0.3) is 0 Å². The molecule has 2 unspecified atom stereocenters. The highest BCUT2D eigenvalue weighted by atomic mass is 16.3. The van der Waals surface area contributed by atoms with Crippen molar-refractivity contribution in [3.63, 3.8) is 0 Å². The predicted molar refractivity (Wildman–Crippen MR) is 117 cm³/mol. The minimum absolute atomic E-state index is 0.136. The third-order valence-electron chi connectivity index (χ3n) is 3.82. The van der Waals surface area contributed by atoms with Crippen LogP contribution < -0.4 is 11.1 Å². The Kier molecular flexibility index (Phi) is 13.5. The van der Waals surface area contributed by atoms with Crippen LogP contribution in [0.15, 0.2) is 67.3 Å². The molecule has 0 fully saturated rings. The monoisotopic (exact) mass is 400 g/mol. The van der Waals surface area contributed by atoms with Crippen LogP contribution >= 0.6 is 0 Å². The molecular weight excluding hydrogens is 368 g/mol. The summed E-state index contributed by atoms with van der Waals surface area (Å²) in [5.74, 6) is -0.326. The number of phenols is 1. The van der Waals surface area contributed by atoms with Gasteiger partial charge >= 0.3 is 0 Å². The minimum Gasteiger partial charge on any atom is -0.508 e. The molecule has 2 rings (SSSR count). The highest BCUT2D eigenvalue weighted by Crippen LogP contribution is 2.12. The molecule has 0 spiro atoms. The molecule has 0 aromatic heterocycles. The highest BCUT2D eigenvalue weighted by Gasteiger charge is 2.21. The van der Waals surface area contributed by atoms with E-state index in [2.05, 4.69) is 11.9 Å². The van der Waals surface area contributed by atoms with Gasteiger partial charge in [0.2, 0.25) is 5.91 Å². The first-order valence-electron chi connectivity index (χ1n) is 9.27. The summed E-state index contributed by atoms with van der Waals surface area (Å²) in [6.45, 7) is 6.69. The molecule has 1 amide bonds.